The van der Waals surface area contributed by atoms with E-state index in [1.165, 1.54) is 12.1 Å². The number of hydrogen-bond donors (Lipinski definition) is 0. The molecule has 0 spiro atoms. The molecule has 0 bridgehead atoms. The van der Waals surface area contributed by atoms with E-state index in [4.69, 9.17) is 9.47 Å². The van der Waals surface area contributed by atoms with Crippen LogP contribution in [0.1, 0.15) is 6.92 Å². The van der Waals surface area contributed by atoms with Gasteiger partial charge in [-0.3, -0.25) is 0 Å². The average Bonchev–Trinajstić information content (AvgIpc) is 2.31. The lowest BCUT2D eigenvalue weighted by atomic mass is 10.2. The van der Waals surface area contributed by atoms with Crippen molar-refractivity contribution in [3.8, 4) is 0 Å². The molecule has 0 aliphatic heterocycles. The fourth-order valence-corrected chi connectivity index (χ4v) is 1.52. The molecule has 1 aromatic rings. The molecular formula is C12H18FNO2. The summed E-state index contributed by atoms with van der Waals surface area (Å²) in [6, 6.07) is 6.50. The molecule has 0 heterocycles. The molecule has 3 nitrogen and oxygen atoms in total. The highest BCUT2D eigenvalue weighted by molar-refractivity contribution is 5.46. The van der Waals surface area contributed by atoms with Crippen LogP contribution in [0.4, 0.5) is 10.1 Å². The zero-order valence-electron chi connectivity index (χ0n) is 9.94. The Balaban J connectivity index is 2.74. The van der Waals surface area contributed by atoms with Crippen LogP contribution < -0.4 is 4.90 Å². The number of ether oxygens (including phenoxy) is 2. The highest BCUT2D eigenvalue weighted by atomic mass is 19.1. The van der Waals surface area contributed by atoms with Gasteiger partial charge in [-0.1, -0.05) is 6.07 Å². The summed E-state index contributed by atoms with van der Waals surface area (Å²) in [5.74, 6) is -0.234. The van der Waals surface area contributed by atoms with Crippen molar-refractivity contribution >= 4 is 5.69 Å². The number of methoxy groups -OCH3 is 2. The van der Waals surface area contributed by atoms with Crippen molar-refractivity contribution in [1.29, 1.82) is 0 Å². The van der Waals surface area contributed by atoms with Gasteiger partial charge in [-0.05, 0) is 25.1 Å². The van der Waals surface area contributed by atoms with Crippen molar-refractivity contribution in [2.45, 2.75) is 13.2 Å². The standard InChI is InChI=1S/C12H18FNO2/c1-4-14(9-12(15-2)16-3)11-7-5-6-10(13)8-11/h5-8,12H,4,9H2,1-3H3. The van der Waals surface area contributed by atoms with E-state index in [2.05, 4.69) is 0 Å². The minimum atomic E-state index is -0.303. The maximum atomic E-state index is 13.1. The summed E-state index contributed by atoms with van der Waals surface area (Å²) in [5.41, 5.74) is 0.835. The Labute approximate surface area is 95.8 Å². The van der Waals surface area contributed by atoms with Gasteiger partial charge < -0.3 is 14.4 Å². The fraction of sp³-hybridized carbons (Fsp3) is 0.500. The fourth-order valence-electron chi connectivity index (χ4n) is 1.52. The van der Waals surface area contributed by atoms with Crippen molar-refractivity contribution in [1.82, 2.24) is 0 Å². The summed E-state index contributed by atoms with van der Waals surface area (Å²) in [5, 5.41) is 0. The molecule has 0 aliphatic carbocycles. The van der Waals surface area contributed by atoms with E-state index in [-0.39, 0.29) is 12.1 Å². The molecule has 0 saturated heterocycles. The zero-order chi connectivity index (χ0) is 12.0. The second kappa shape index (κ2) is 6.45. The minimum Gasteiger partial charge on any atom is -0.367 e. The molecule has 0 atom stereocenters. The lowest BCUT2D eigenvalue weighted by Gasteiger charge is -2.26. The van der Waals surface area contributed by atoms with Crippen LogP contribution in [0, 0.1) is 5.82 Å². The Hall–Kier alpha value is -1.13. The third-order valence-electron chi connectivity index (χ3n) is 2.45. The largest absolute Gasteiger partial charge is 0.367 e. The van der Waals surface area contributed by atoms with Crippen molar-refractivity contribution in [2.24, 2.45) is 0 Å². The first-order valence-corrected chi connectivity index (χ1v) is 5.27. The van der Waals surface area contributed by atoms with Crippen LogP contribution in [0.25, 0.3) is 0 Å². The Bertz CT molecular complexity index is 316. The molecule has 0 unspecified atom stereocenters. The number of halogens is 1. The summed E-state index contributed by atoms with van der Waals surface area (Å²) in [7, 11) is 3.18. The topological polar surface area (TPSA) is 21.7 Å². The number of anilines is 1. The zero-order valence-corrected chi connectivity index (χ0v) is 9.94. The molecule has 90 valence electrons. The van der Waals surface area contributed by atoms with Crippen LogP contribution in [0.3, 0.4) is 0 Å². The normalized spacial score (nSPS) is 10.8. The smallest absolute Gasteiger partial charge is 0.174 e. The quantitative estimate of drug-likeness (QED) is 0.696. The average molecular weight is 227 g/mol. The number of benzene rings is 1. The van der Waals surface area contributed by atoms with Crippen molar-refractivity contribution in [2.75, 3.05) is 32.2 Å². The molecule has 1 rings (SSSR count). The molecule has 0 radical (unpaired) electrons. The summed E-state index contributed by atoms with van der Waals surface area (Å²) < 4.78 is 23.3. The maximum Gasteiger partial charge on any atom is 0.174 e. The first kappa shape index (κ1) is 12.9. The lowest BCUT2D eigenvalue weighted by Crippen LogP contribution is -2.34. The molecule has 0 saturated carbocycles. The first-order chi connectivity index (χ1) is 7.71. The van der Waals surface area contributed by atoms with Crippen LogP contribution in [-0.2, 0) is 9.47 Å². The second-order valence-electron chi connectivity index (χ2n) is 3.42. The predicted molar refractivity (Wildman–Crippen MR) is 62.1 cm³/mol. The van der Waals surface area contributed by atoms with Gasteiger partial charge in [0.2, 0.25) is 0 Å². The van der Waals surface area contributed by atoms with Gasteiger partial charge in [0.15, 0.2) is 6.29 Å². The number of rotatable bonds is 6. The number of likely N-dealkylation sites (N-methyl/N-ethyl adjacent to an activating group) is 1. The first-order valence-electron chi connectivity index (χ1n) is 5.27. The number of nitrogens with zero attached hydrogens (tertiary/aromatic N) is 1. The molecular weight excluding hydrogens is 209 g/mol. The molecule has 0 aliphatic rings. The van der Waals surface area contributed by atoms with E-state index in [0.29, 0.717) is 6.54 Å². The highest BCUT2D eigenvalue weighted by Crippen LogP contribution is 2.16. The van der Waals surface area contributed by atoms with Crippen LogP contribution in [0.2, 0.25) is 0 Å². The molecule has 4 heteroatoms. The van der Waals surface area contributed by atoms with Gasteiger partial charge in [-0.15, -0.1) is 0 Å². The van der Waals surface area contributed by atoms with Gasteiger partial charge in [0, 0.05) is 26.5 Å². The van der Waals surface area contributed by atoms with E-state index in [9.17, 15) is 4.39 Å². The third-order valence-corrected chi connectivity index (χ3v) is 2.45. The highest BCUT2D eigenvalue weighted by Gasteiger charge is 2.12. The summed E-state index contributed by atoms with van der Waals surface area (Å²) >= 11 is 0. The van der Waals surface area contributed by atoms with Crippen molar-refractivity contribution in [3.63, 3.8) is 0 Å². The van der Waals surface area contributed by atoms with Gasteiger partial charge in [0.05, 0.1) is 6.54 Å². The van der Waals surface area contributed by atoms with Crippen molar-refractivity contribution in [3.05, 3.63) is 30.1 Å². The Morgan fingerprint density at radius 2 is 2.00 bits per heavy atom. The molecule has 16 heavy (non-hydrogen) atoms. The number of hydrogen-bond acceptors (Lipinski definition) is 3. The third kappa shape index (κ3) is 3.47. The molecule has 1 aromatic carbocycles. The van der Waals surface area contributed by atoms with Crippen LogP contribution in [0.5, 0.6) is 0 Å². The second-order valence-corrected chi connectivity index (χ2v) is 3.42. The Morgan fingerprint density at radius 1 is 1.31 bits per heavy atom. The van der Waals surface area contributed by atoms with E-state index < -0.39 is 0 Å². The SMILES string of the molecule is CCN(CC(OC)OC)c1cccc(F)c1. The lowest BCUT2D eigenvalue weighted by molar-refractivity contribution is -0.0948. The minimum absolute atomic E-state index is 0.234. The van der Waals surface area contributed by atoms with Gasteiger partial charge in [0.25, 0.3) is 0 Å². The van der Waals surface area contributed by atoms with E-state index >= 15 is 0 Å². The monoisotopic (exact) mass is 227 g/mol. The van der Waals surface area contributed by atoms with E-state index in [0.717, 1.165) is 12.2 Å². The van der Waals surface area contributed by atoms with Gasteiger partial charge in [-0.25, -0.2) is 4.39 Å². The van der Waals surface area contributed by atoms with Gasteiger partial charge in [-0.2, -0.15) is 0 Å². The van der Waals surface area contributed by atoms with E-state index in [1.54, 1.807) is 20.3 Å². The maximum absolute atomic E-state index is 13.1. The predicted octanol–water partition coefficient (Wildman–Crippen LogP) is 2.27. The molecule has 0 amide bonds. The van der Waals surface area contributed by atoms with Crippen LogP contribution in [0.15, 0.2) is 24.3 Å². The van der Waals surface area contributed by atoms with Crippen LogP contribution in [-0.4, -0.2) is 33.6 Å². The molecule has 0 N–H and O–H groups in total. The van der Waals surface area contributed by atoms with E-state index in [1.807, 2.05) is 17.9 Å². The van der Waals surface area contributed by atoms with Gasteiger partial charge in [0.1, 0.15) is 5.82 Å². The van der Waals surface area contributed by atoms with Crippen LogP contribution >= 0.6 is 0 Å². The molecule has 0 fully saturated rings. The molecule has 0 aromatic heterocycles. The van der Waals surface area contributed by atoms with Crippen molar-refractivity contribution < 1.29 is 13.9 Å². The van der Waals surface area contributed by atoms with Gasteiger partial charge >= 0.3 is 0 Å². The Morgan fingerprint density at radius 3 is 2.50 bits per heavy atom. The Kier molecular flexibility index (Phi) is 5.22. The summed E-state index contributed by atoms with van der Waals surface area (Å²) in [4.78, 5) is 2.00. The summed E-state index contributed by atoms with van der Waals surface area (Å²) in [6.07, 6.45) is -0.303. The summed E-state index contributed by atoms with van der Waals surface area (Å²) in [6.45, 7) is 3.35.